The third kappa shape index (κ3) is 2.41. The zero-order valence-corrected chi connectivity index (χ0v) is 11.0. The number of morpholine rings is 1. The van der Waals surface area contributed by atoms with Gasteiger partial charge in [-0.3, -0.25) is 0 Å². The molecular formula is C13H25NO2. The Kier molecular flexibility index (Phi) is 3.57. The summed E-state index contributed by atoms with van der Waals surface area (Å²) in [6.07, 6.45) is 2.73. The van der Waals surface area contributed by atoms with Gasteiger partial charge >= 0.3 is 0 Å². The van der Waals surface area contributed by atoms with Gasteiger partial charge in [-0.05, 0) is 19.8 Å². The predicted octanol–water partition coefficient (Wildman–Crippen LogP) is 1.96. The van der Waals surface area contributed by atoms with E-state index in [0.717, 1.165) is 26.0 Å². The highest BCUT2D eigenvalue weighted by atomic mass is 16.5. The molecule has 2 saturated heterocycles. The van der Waals surface area contributed by atoms with Crippen LogP contribution in [0.4, 0.5) is 0 Å². The van der Waals surface area contributed by atoms with E-state index in [0.29, 0.717) is 24.2 Å². The molecule has 0 amide bonds. The van der Waals surface area contributed by atoms with Gasteiger partial charge in [0.25, 0.3) is 0 Å². The largest absolute Gasteiger partial charge is 0.378 e. The van der Waals surface area contributed by atoms with E-state index in [1.54, 1.807) is 0 Å². The highest BCUT2D eigenvalue weighted by Crippen LogP contribution is 2.34. The lowest BCUT2D eigenvalue weighted by molar-refractivity contribution is -0.189. The molecule has 0 aliphatic carbocycles. The molecule has 2 heterocycles. The van der Waals surface area contributed by atoms with Gasteiger partial charge in [0.05, 0.1) is 17.8 Å². The van der Waals surface area contributed by atoms with Crippen LogP contribution < -0.4 is 5.32 Å². The van der Waals surface area contributed by atoms with E-state index >= 15 is 0 Å². The molecular weight excluding hydrogens is 202 g/mol. The van der Waals surface area contributed by atoms with Crippen molar-refractivity contribution in [1.82, 2.24) is 5.32 Å². The van der Waals surface area contributed by atoms with Gasteiger partial charge in [-0.1, -0.05) is 13.8 Å². The van der Waals surface area contributed by atoms with Crippen molar-refractivity contribution in [2.75, 3.05) is 13.2 Å². The summed E-state index contributed by atoms with van der Waals surface area (Å²) in [4.78, 5) is 0. The SMILES string of the molecule is CC(C)C1CC2(CCO1)CNC(C)C(C)O2. The summed E-state index contributed by atoms with van der Waals surface area (Å²) < 4.78 is 12.1. The summed E-state index contributed by atoms with van der Waals surface area (Å²) in [5, 5.41) is 3.57. The molecule has 4 atom stereocenters. The topological polar surface area (TPSA) is 30.5 Å². The molecule has 0 radical (unpaired) electrons. The molecule has 1 spiro atoms. The Hall–Kier alpha value is -0.120. The van der Waals surface area contributed by atoms with E-state index in [1.807, 2.05) is 0 Å². The van der Waals surface area contributed by atoms with E-state index in [1.165, 1.54) is 0 Å². The monoisotopic (exact) mass is 227 g/mol. The summed E-state index contributed by atoms with van der Waals surface area (Å²) in [5.74, 6) is 0.579. The second kappa shape index (κ2) is 4.63. The fraction of sp³-hybridized carbons (Fsp3) is 1.00. The van der Waals surface area contributed by atoms with Crippen LogP contribution in [0.5, 0.6) is 0 Å². The lowest BCUT2D eigenvalue weighted by atomic mass is 9.84. The standard InChI is InChI=1S/C13H25NO2/c1-9(2)12-7-13(5-6-15-12)8-14-10(3)11(4)16-13/h9-12,14H,5-8H2,1-4H3. The van der Waals surface area contributed by atoms with Crippen LogP contribution in [0.25, 0.3) is 0 Å². The second-order valence-electron chi connectivity index (χ2n) is 5.78. The quantitative estimate of drug-likeness (QED) is 0.743. The molecule has 0 aromatic heterocycles. The fourth-order valence-electron chi connectivity index (χ4n) is 2.67. The van der Waals surface area contributed by atoms with E-state index in [-0.39, 0.29) is 5.60 Å². The minimum Gasteiger partial charge on any atom is -0.378 e. The summed E-state index contributed by atoms with van der Waals surface area (Å²) in [5.41, 5.74) is 0.0269. The molecule has 94 valence electrons. The Labute approximate surface area is 98.9 Å². The minimum atomic E-state index is 0.0269. The molecule has 16 heavy (non-hydrogen) atoms. The summed E-state index contributed by atoms with van der Waals surface area (Å²) in [6, 6.07) is 0.464. The molecule has 4 unspecified atom stereocenters. The third-order valence-electron chi connectivity index (χ3n) is 4.09. The van der Waals surface area contributed by atoms with E-state index in [9.17, 15) is 0 Å². The van der Waals surface area contributed by atoms with Gasteiger partial charge in [-0.15, -0.1) is 0 Å². The second-order valence-corrected chi connectivity index (χ2v) is 5.78. The molecule has 3 heteroatoms. The molecule has 0 bridgehead atoms. The van der Waals surface area contributed by atoms with Crippen LogP contribution in [-0.2, 0) is 9.47 Å². The van der Waals surface area contributed by atoms with Crippen molar-refractivity contribution >= 4 is 0 Å². The maximum atomic E-state index is 6.26. The van der Waals surface area contributed by atoms with Crippen LogP contribution in [0, 0.1) is 5.92 Å². The van der Waals surface area contributed by atoms with Crippen LogP contribution in [0.1, 0.15) is 40.5 Å². The molecule has 3 nitrogen and oxygen atoms in total. The summed E-state index contributed by atoms with van der Waals surface area (Å²) in [6.45, 7) is 10.6. The Morgan fingerprint density at radius 1 is 1.31 bits per heavy atom. The summed E-state index contributed by atoms with van der Waals surface area (Å²) >= 11 is 0. The molecule has 2 aliphatic rings. The highest BCUT2D eigenvalue weighted by molar-refractivity contribution is 4.95. The molecule has 2 fully saturated rings. The predicted molar refractivity (Wildman–Crippen MR) is 64.6 cm³/mol. The smallest absolute Gasteiger partial charge is 0.0857 e. The van der Waals surface area contributed by atoms with E-state index < -0.39 is 0 Å². The number of ether oxygens (including phenoxy) is 2. The molecule has 0 aromatic rings. The zero-order valence-electron chi connectivity index (χ0n) is 11.0. The van der Waals surface area contributed by atoms with Crippen LogP contribution in [0.15, 0.2) is 0 Å². The van der Waals surface area contributed by atoms with Crippen molar-refractivity contribution in [3.8, 4) is 0 Å². The Balaban J connectivity index is 2.02. The summed E-state index contributed by atoms with van der Waals surface area (Å²) in [7, 11) is 0. The van der Waals surface area contributed by atoms with Gasteiger partial charge in [0, 0.05) is 32.0 Å². The number of hydrogen-bond acceptors (Lipinski definition) is 3. The average Bonchev–Trinajstić information content (AvgIpc) is 2.24. The minimum absolute atomic E-state index is 0.0269. The molecule has 0 aromatic carbocycles. The van der Waals surface area contributed by atoms with Gasteiger partial charge in [0.1, 0.15) is 0 Å². The molecule has 0 saturated carbocycles. The van der Waals surface area contributed by atoms with Crippen molar-refractivity contribution in [3.63, 3.8) is 0 Å². The van der Waals surface area contributed by atoms with Crippen molar-refractivity contribution in [2.45, 2.75) is 64.4 Å². The fourth-order valence-corrected chi connectivity index (χ4v) is 2.67. The molecule has 1 N–H and O–H groups in total. The van der Waals surface area contributed by atoms with Gasteiger partial charge in [0.15, 0.2) is 0 Å². The Bertz CT molecular complexity index is 244. The third-order valence-corrected chi connectivity index (χ3v) is 4.09. The number of hydrogen-bond donors (Lipinski definition) is 1. The molecule has 2 rings (SSSR count). The highest BCUT2D eigenvalue weighted by Gasteiger charge is 2.43. The van der Waals surface area contributed by atoms with Crippen molar-refractivity contribution in [1.29, 1.82) is 0 Å². The zero-order chi connectivity index (χ0) is 11.8. The lowest BCUT2D eigenvalue weighted by Crippen LogP contribution is -2.60. The first-order valence-corrected chi connectivity index (χ1v) is 6.55. The number of rotatable bonds is 1. The first-order valence-electron chi connectivity index (χ1n) is 6.55. The van der Waals surface area contributed by atoms with Gasteiger partial charge < -0.3 is 14.8 Å². The van der Waals surface area contributed by atoms with Crippen LogP contribution in [-0.4, -0.2) is 37.0 Å². The molecule has 2 aliphatic heterocycles. The first-order chi connectivity index (χ1) is 7.52. The van der Waals surface area contributed by atoms with Crippen molar-refractivity contribution < 1.29 is 9.47 Å². The normalized spacial score (nSPS) is 45.2. The van der Waals surface area contributed by atoms with Gasteiger partial charge in [-0.25, -0.2) is 0 Å². The van der Waals surface area contributed by atoms with Gasteiger partial charge in [0.2, 0.25) is 0 Å². The van der Waals surface area contributed by atoms with E-state index in [4.69, 9.17) is 9.47 Å². The number of nitrogens with one attached hydrogen (secondary N) is 1. The van der Waals surface area contributed by atoms with Gasteiger partial charge in [-0.2, -0.15) is 0 Å². The lowest BCUT2D eigenvalue weighted by Gasteiger charge is -2.48. The Morgan fingerprint density at radius 2 is 2.06 bits per heavy atom. The van der Waals surface area contributed by atoms with Crippen LogP contribution in [0.3, 0.4) is 0 Å². The van der Waals surface area contributed by atoms with Crippen molar-refractivity contribution in [3.05, 3.63) is 0 Å². The Morgan fingerprint density at radius 3 is 2.69 bits per heavy atom. The van der Waals surface area contributed by atoms with Crippen molar-refractivity contribution in [2.24, 2.45) is 5.92 Å². The maximum absolute atomic E-state index is 6.26. The van der Waals surface area contributed by atoms with Crippen LogP contribution >= 0.6 is 0 Å². The average molecular weight is 227 g/mol. The first kappa shape index (κ1) is 12.3. The maximum Gasteiger partial charge on any atom is 0.0857 e. The van der Waals surface area contributed by atoms with Crippen LogP contribution in [0.2, 0.25) is 0 Å². The van der Waals surface area contributed by atoms with E-state index in [2.05, 4.69) is 33.0 Å².